The number of hydrogen-bond acceptors (Lipinski definition) is 2. The molecule has 0 aliphatic carbocycles. The largest absolute Gasteiger partial charge is 0.353 e. The number of nitrogens with one attached hydrogen (secondary N) is 1. The minimum Gasteiger partial charge on any atom is -0.353 e. The van der Waals surface area contributed by atoms with Crippen LogP contribution in [0.2, 0.25) is 0 Å². The van der Waals surface area contributed by atoms with Gasteiger partial charge >= 0.3 is 0 Å². The zero-order chi connectivity index (χ0) is 10.0. The van der Waals surface area contributed by atoms with Crippen LogP contribution >= 0.6 is 0 Å². The molecule has 0 fully saturated rings. The molecule has 3 heteroatoms. The fourth-order valence-corrected chi connectivity index (χ4v) is 1.46. The summed E-state index contributed by atoms with van der Waals surface area (Å²) >= 11 is 0. The Kier molecular flexibility index (Phi) is 2.96. The second kappa shape index (κ2) is 3.81. The summed E-state index contributed by atoms with van der Waals surface area (Å²) in [4.78, 5) is 4.33. The zero-order valence-electron chi connectivity index (χ0n) is 9.13. The molecule has 0 unspecified atom stereocenters. The summed E-state index contributed by atoms with van der Waals surface area (Å²) in [7, 11) is 0. The first-order valence-corrected chi connectivity index (χ1v) is 4.82. The number of imidazole rings is 1. The van der Waals surface area contributed by atoms with E-state index in [1.54, 1.807) is 0 Å². The van der Waals surface area contributed by atoms with Crippen LogP contribution in [0.15, 0.2) is 6.20 Å². The van der Waals surface area contributed by atoms with Gasteiger partial charge in [0.05, 0.1) is 6.20 Å². The molecule has 0 amide bonds. The molecule has 1 heterocycles. The van der Waals surface area contributed by atoms with E-state index < -0.39 is 0 Å². The lowest BCUT2D eigenvalue weighted by molar-refractivity contribution is 0.588. The number of aryl methyl sites for hydroxylation is 1. The van der Waals surface area contributed by atoms with Crippen LogP contribution in [-0.2, 0) is 0 Å². The molecule has 1 rings (SSSR count). The summed E-state index contributed by atoms with van der Waals surface area (Å²) in [6.07, 6.45) is 1.91. The number of aromatic nitrogens is 2. The molecule has 0 saturated carbocycles. The summed E-state index contributed by atoms with van der Waals surface area (Å²) in [5, 5.41) is 3.33. The molecule has 0 atom stereocenters. The third-order valence-corrected chi connectivity index (χ3v) is 1.92. The van der Waals surface area contributed by atoms with Crippen molar-refractivity contribution in [3.8, 4) is 0 Å². The topological polar surface area (TPSA) is 29.9 Å². The standard InChI is InChI=1S/C10H19N3/c1-7(2)12-10-11-6-9(5)13(10)8(3)4/h6-8H,1-5H3,(H,11,12). The van der Waals surface area contributed by atoms with Crippen molar-refractivity contribution in [1.29, 1.82) is 0 Å². The van der Waals surface area contributed by atoms with E-state index in [0.717, 1.165) is 5.95 Å². The van der Waals surface area contributed by atoms with Crippen LogP contribution in [0.4, 0.5) is 5.95 Å². The maximum absolute atomic E-state index is 4.33. The van der Waals surface area contributed by atoms with Gasteiger partial charge in [-0.3, -0.25) is 0 Å². The number of hydrogen-bond donors (Lipinski definition) is 1. The third-order valence-electron chi connectivity index (χ3n) is 1.92. The molecule has 0 aliphatic rings. The molecule has 0 spiro atoms. The van der Waals surface area contributed by atoms with Gasteiger partial charge in [-0.15, -0.1) is 0 Å². The SMILES string of the molecule is Cc1cnc(NC(C)C)n1C(C)C. The summed E-state index contributed by atoms with van der Waals surface area (Å²) in [6, 6.07) is 0.892. The smallest absolute Gasteiger partial charge is 0.203 e. The van der Waals surface area contributed by atoms with E-state index in [0.29, 0.717) is 12.1 Å². The number of rotatable bonds is 3. The molecule has 0 aliphatic heterocycles. The summed E-state index contributed by atoms with van der Waals surface area (Å²) in [5.41, 5.74) is 1.21. The molecule has 0 radical (unpaired) electrons. The highest BCUT2D eigenvalue weighted by Crippen LogP contribution is 2.17. The Hall–Kier alpha value is -0.990. The monoisotopic (exact) mass is 181 g/mol. The highest BCUT2D eigenvalue weighted by Gasteiger charge is 2.09. The minimum absolute atomic E-state index is 0.430. The van der Waals surface area contributed by atoms with Gasteiger partial charge in [-0.1, -0.05) is 0 Å². The van der Waals surface area contributed by atoms with Gasteiger partial charge in [-0.2, -0.15) is 0 Å². The van der Waals surface area contributed by atoms with Crippen molar-refractivity contribution >= 4 is 5.95 Å². The molecule has 1 N–H and O–H groups in total. The van der Waals surface area contributed by atoms with E-state index in [-0.39, 0.29) is 0 Å². The first kappa shape index (κ1) is 10.1. The Labute approximate surface area is 80.2 Å². The van der Waals surface area contributed by atoms with Crippen LogP contribution in [0.3, 0.4) is 0 Å². The van der Waals surface area contributed by atoms with E-state index in [4.69, 9.17) is 0 Å². The van der Waals surface area contributed by atoms with Crippen molar-refractivity contribution in [3.05, 3.63) is 11.9 Å². The van der Waals surface area contributed by atoms with Gasteiger partial charge in [0.15, 0.2) is 0 Å². The predicted octanol–water partition coefficient (Wildman–Crippen LogP) is 2.59. The van der Waals surface area contributed by atoms with Gasteiger partial charge in [0.1, 0.15) is 0 Å². The summed E-state index contributed by atoms with van der Waals surface area (Å²) < 4.78 is 2.21. The molecule has 0 saturated heterocycles. The lowest BCUT2D eigenvalue weighted by atomic mass is 10.3. The Morgan fingerprint density at radius 1 is 1.31 bits per heavy atom. The maximum atomic E-state index is 4.33. The Morgan fingerprint density at radius 2 is 1.92 bits per heavy atom. The Balaban J connectivity index is 2.94. The molecule has 0 aromatic carbocycles. The van der Waals surface area contributed by atoms with Gasteiger partial charge in [-0.25, -0.2) is 4.98 Å². The predicted molar refractivity (Wildman–Crippen MR) is 56.1 cm³/mol. The molecular weight excluding hydrogens is 162 g/mol. The fourth-order valence-electron chi connectivity index (χ4n) is 1.46. The van der Waals surface area contributed by atoms with E-state index in [9.17, 15) is 0 Å². The second-order valence-corrected chi connectivity index (χ2v) is 3.99. The van der Waals surface area contributed by atoms with E-state index in [2.05, 4.69) is 49.5 Å². The van der Waals surface area contributed by atoms with Crippen LogP contribution in [0, 0.1) is 6.92 Å². The van der Waals surface area contributed by atoms with Crippen LogP contribution < -0.4 is 5.32 Å². The van der Waals surface area contributed by atoms with Crippen LogP contribution in [0.25, 0.3) is 0 Å². The van der Waals surface area contributed by atoms with Crippen molar-refractivity contribution in [3.63, 3.8) is 0 Å². The van der Waals surface area contributed by atoms with Gasteiger partial charge < -0.3 is 9.88 Å². The van der Waals surface area contributed by atoms with Crippen molar-refractivity contribution in [2.24, 2.45) is 0 Å². The molecule has 1 aromatic heterocycles. The average Bonchev–Trinajstić information content (AvgIpc) is 2.30. The van der Waals surface area contributed by atoms with Crippen molar-refractivity contribution in [2.75, 3.05) is 5.32 Å². The van der Waals surface area contributed by atoms with E-state index in [1.165, 1.54) is 5.69 Å². The molecule has 74 valence electrons. The van der Waals surface area contributed by atoms with Crippen LogP contribution in [-0.4, -0.2) is 15.6 Å². The second-order valence-electron chi connectivity index (χ2n) is 3.99. The minimum atomic E-state index is 0.430. The lowest BCUT2D eigenvalue weighted by Gasteiger charge is -2.16. The maximum Gasteiger partial charge on any atom is 0.203 e. The molecule has 0 bridgehead atoms. The first-order chi connectivity index (χ1) is 6.02. The third kappa shape index (κ3) is 2.23. The molecule has 13 heavy (non-hydrogen) atoms. The lowest BCUT2D eigenvalue weighted by Crippen LogP contribution is -2.16. The number of anilines is 1. The van der Waals surface area contributed by atoms with Crippen LogP contribution in [0.5, 0.6) is 0 Å². The molecular formula is C10H19N3. The van der Waals surface area contributed by atoms with Gasteiger partial charge in [0.2, 0.25) is 5.95 Å². The first-order valence-electron chi connectivity index (χ1n) is 4.82. The highest BCUT2D eigenvalue weighted by atomic mass is 15.2. The fraction of sp³-hybridized carbons (Fsp3) is 0.700. The van der Waals surface area contributed by atoms with E-state index >= 15 is 0 Å². The molecule has 1 aromatic rings. The zero-order valence-corrected chi connectivity index (χ0v) is 9.13. The van der Waals surface area contributed by atoms with Crippen LogP contribution in [0.1, 0.15) is 39.4 Å². The van der Waals surface area contributed by atoms with Crippen molar-refractivity contribution < 1.29 is 0 Å². The van der Waals surface area contributed by atoms with Crippen molar-refractivity contribution in [1.82, 2.24) is 9.55 Å². The quantitative estimate of drug-likeness (QED) is 0.776. The van der Waals surface area contributed by atoms with Gasteiger partial charge in [-0.05, 0) is 34.6 Å². The summed E-state index contributed by atoms with van der Waals surface area (Å²) in [6.45, 7) is 10.7. The number of nitrogens with zero attached hydrogens (tertiary/aromatic N) is 2. The average molecular weight is 181 g/mol. The van der Waals surface area contributed by atoms with Gasteiger partial charge in [0, 0.05) is 17.8 Å². The Morgan fingerprint density at radius 3 is 2.38 bits per heavy atom. The van der Waals surface area contributed by atoms with Gasteiger partial charge in [0.25, 0.3) is 0 Å². The highest BCUT2D eigenvalue weighted by molar-refractivity contribution is 5.30. The normalized spacial score (nSPS) is 11.3. The van der Waals surface area contributed by atoms with Crippen molar-refractivity contribution in [2.45, 2.75) is 46.7 Å². The summed E-state index contributed by atoms with van der Waals surface area (Å²) in [5.74, 6) is 0.975. The Bertz CT molecular complexity index is 274. The molecule has 3 nitrogen and oxygen atoms in total. The van der Waals surface area contributed by atoms with E-state index in [1.807, 2.05) is 6.20 Å².